The molecule has 1 heterocycles. The average molecular weight is 281 g/mol. The smallest absolute Gasteiger partial charge is 0.243 e. The van der Waals surface area contributed by atoms with Crippen molar-refractivity contribution in [3.8, 4) is 0 Å². The molecule has 2 aromatic rings. The van der Waals surface area contributed by atoms with E-state index in [1.54, 1.807) is 0 Å². The highest BCUT2D eigenvalue weighted by Crippen LogP contribution is 2.31. The van der Waals surface area contributed by atoms with Gasteiger partial charge in [-0.2, -0.15) is 0 Å². The molecule has 0 aromatic heterocycles. The number of nitrogens with zero attached hydrogens (tertiary/aromatic N) is 1. The standard InChI is InChI=1S/C17H19N3O/c1-12-5-7-13(8-6-12)19-17(21)11-20-10-9-14-15(18)3-2-4-16(14)20/h2-8H,9-11,18H2,1H3,(H,19,21). The van der Waals surface area contributed by atoms with Crippen LogP contribution in [0, 0.1) is 6.92 Å². The van der Waals surface area contributed by atoms with Gasteiger partial charge in [-0.15, -0.1) is 0 Å². The van der Waals surface area contributed by atoms with E-state index in [0.717, 1.165) is 35.6 Å². The van der Waals surface area contributed by atoms with E-state index in [1.165, 1.54) is 5.56 Å². The number of carbonyl (C=O) groups is 1. The molecule has 0 bridgehead atoms. The normalized spacial score (nSPS) is 13.1. The molecule has 0 saturated carbocycles. The average Bonchev–Trinajstić information content (AvgIpc) is 2.86. The molecule has 0 aliphatic carbocycles. The maximum Gasteiger partial charge on any atom is 0.243 e. The van der Waals surface area contributed by atoms with Gasteiger partial charge in [-0.1, -0.05) is 23.8 Å². The van der Waals surface area contributed by atoms with Gasteiger partial charge in [0.1, 0.15) is 0 Å². The summed E-state index contributed by atoms with van der Waals surface area (Å²) < 4.78 is 0. The van der Waals surface area contributed by atoms with Crippen molar-refractivity contribution in [1.29, 1.82) is 0 Å². The molecule has 3 N–H and O–H groups in total. The Morgan fingerprint density at radius 2 is 2.00 bits per heavy atom. The second kappa shape index (κ2) is 5.48. The maximum absolute atomic E-state index is 12.2. The molecular formula is C17H19N3O. The van der Waals surface area contributed by atoms with E-state index < -0.39 is 0 Å². The highest BCUT2D eigenvalue weighted by molar-refractivity contribution is 5.94. The van der Waals surface area contributed by atoms with E-state index in [0.29, 0.717) is 6.54 Å². The minimum atomic E-state index is -0.00544. The van der Waals surface area contributed by atoms with Crippen LogP contribution in [0.15, 0.2) is 42.5 Å². The van der Waals surface area contributed by atoms with Crippen LogP contribution in [-0.2, 0) is 11.2 Å². The lowest BCUT2D eigenvalue weighted by atomic mass is 10.1. The third kappa shape index (κ3) is 2.84. The third-order valence-electron chi connectivity index (χ3n) is 3.83. The Balaban J connectivity index is 1.67. The van der Waals surface area contributed by atoms with Gasteiger partial charge < -0.3 is 16.0 Å². The van der Waals surface area contributed by atoms with Gasteiger partial charge in [0.25, 0.3) is 0 Å². The number of hydrogen-bond acceptors (Lipinski definition) is 3. The van der Waals surface area contributed by atoms with Gasteiger partial charge in [-0.05, 0) is 37.6 Å². The summed E-state index contributed by atoms with van der Waals surface area (Å²) in [6.45, 7) is 3.21. The van der Waals surface area contributed by atoms with Crippen molar-refractivity contribution in [2.45, 2.75) is 13.3 Å². The molecule has 0 fully saturated rings. The molecule has 0 spiro atoms. The van der Waals surface area contributed by atoms with Crippen LogP contribution in [0.1, 0.15) is 11.1 Å². The number of amides is 1. The zero-order valence-corrected chi connectivity index (χ0v) is 12.1. The highest BCUT2D eigenvalue weighted by Gasteiger charge is 2.22. The van der Waals surface area contributed by atoms with E-state index in [4.69, 9.17) is 5.73 Å². The summed E-state index contributed by atoms with van der Waals surface area (Å²) in [7, 11) is 0. The molecule has 0 atom stereocenters. The monoisotopic (exact) mass is 281 g/mol. The molecule has 21 heavy (non-hydrogen) atoms. The van der Waals surface area contributed by atoms with E-state index >= 15 is 0 Å². The highest BCUT2D eigenvalue weighted by atomic mass is 16.2. The van der Waals surface area contributed by atoms with Gasteiger partial charge in [0.2, 0.25) is 5.91 Å². The van der Waals surface area contributed by atoms with Crippen LogP contribution in [-0.4, -0.2) is 19.0 Å². The number of fused-ring (bicyclic) bond motifs is 1. The van der Waals surface area contributed by atoms with E-state index in [1.807, 2.05) is 49.4 Å². The Morgan fingerprint density at radius 3 is 2.76 bits per heavy atom. The SMILES string of the molecule is Cc1ccc(NC(=O)CN2CCc3c(N)cccc32)cc1. The number of benzene rings is 2. The van der Waals surface area contributed by atoms with Crippen molar-refractivity contribution in [1.82, 2.24) is 0 Å². The van der Waals surface area contributed by atoms with Gasteiger partial charge in [0, 0.05) is 29.2 Å². The Morgan fingerprint density at radius 1 is 1.24 bits per heavy atom. The second-order valence-electron chi connectivity index (χ2n) is 5.43. The van der Waals surface area contributed by atoms with E-state index in [2.05, 4.69) is 10.2 Å². The number of nitrogen functional groups attached to an aromatic ring is 1. The molecule has 2 aromatic carbocycles. The lowest BCUT2D eigenvalue weighted by molar-refractivity contribution is -0.115. The first-order valence-electron chi connectivity index (χ1n) is 7.12. The molecule has 1 aliphatic heterocycles. The van der Waals surface area contributed by atoms with E-state index in [-0.39, 0.29) is 5.91 Å². The molecule has 1 aliphatic rings. The minimum absolute atomic E-state index is 0.00544. The first-order chi connectivity index (χ1) is 10.1. The number of aryl methyl sites for hydroxylation is 1. The summed E-state index contributed by atoms with van der Waals surface area (Å²) in [4.78, 5) is 14.2. The summed E-state index contributed by atoms with van der Waals surface area (Å²) in [5.74, 6) is -0.00544. The predicted octanol–water partition coefficient (Wildman–Crippen LogP) is 2.58. The van der Waals surface area contributed by atoms with Crippen molar-refractivity contribution >= 4 is 23.0 Å². The predicted molar refractivity (Wildman–Crippen MR) is 86.6 cm³/mol. The van der Waals surface area contributed by atoms with Gasteiger partial charge in [0.15, 0.2) is 0 Å². The first kappa shape index (κ1) is 13.5. The largest absolute Gasteiger partial charge is 0.398 e. The van der Waals surface area contributed by atoms with Gasteiger partial charge in [-0.25, -0.2) is 0 Å². The van der Waals surface area contributed by atoms with Crippen LogP contribution in [0.2, 0.25) is 0 Å². The Bertz CT molecular complexity index is 664. The van der Waals surface area contributed by atoms with Crippen LogP contribution < -0.4 is 16.0 Å². The summed E-state index contributed by atoms with van der Waals surface area (Å²) in [5, 5.41) is 2.93. The quantitative estimate of drug-likeness (QED) is 0.850. The molecule has 0 radical (unpaired) electrons. The molecule has 1 amide bonds. The van der Waals surface area contributed by atoms with Crippen molar-refractivity contribution in [2.24, 2.45) is 0 Å². The summed E-state index contributed by atoms with van der Waals surface area (Å²) in [6.07, 6.45) is 0.903. The van der Waals surface area contributed by atoms with Gasteiger partial charge >= 0.3 is 0 Å². The molecular weight excluding hydrogens is 262 g/mol. The molecule has 0 unspecified atom stereocenters. The zero-order chi connectivity index (χ0) is 14.8. The van der Waals surface area contributed by atoms with Crippen molar-refractivity contribution in [3.05, 3.63) is 53.6 Å². The molecule has 4 nitrogen and oxygen atoms in total. The summed E-state index contributed by atoms with van der Waals surface area (Å²) in [5.41, 5.74) is 11.0. The summed E-state index contributed by atoms with van der Waals surface area (Å²) in [6, 6.07) is 13.7. The Labute approximate surface area is 124 Å². The Hall–Kier alpha value is -2.49. The number of hydrogen-bond donors (Lipinski definition) is 2. The molecule has 0 saturated heterocycles. The third-order valence-corrected chi connectivity index (χ3v) is 3.83. The van der Waals surface area contributed by atoms with Crippen LogP contribution in [0.4, 0.5) is 17.1 Å². The fraction of sp³-hybridized carbons (Fsp3) is 0.235. The molecule has 3 rings (SSSR count). The summed E-state index contributed by atoms with van der Waals surface area (Å²) >= 11 is 0. The van der Waals surface area contributed by atoms with Crippen LogP contribution in [0.5, 0.6) is 0 Å². The lowest BCUT2D eigenvalue weighted by Gasteiger charge is -2.19. The molecule has 4 heteroatoms. The fourth-order valence-electron chi connectivity index (χ4n) is 2.70. The fourth-order valence-corrected chi connectivity index (χ4v) is 2.70. The van der Waals surface area contributed by atoms with E-state index in [9.17, 15) is 4.79 Å². The number of nitrogens with two attached hydrogens (primary N) is 1. The van der Waals surface area contributed by atoms with Crippen LogP contribution >= 0.6 is 0 Å². The van der Waals surface area contributed by atoms with Gasteiger partial charge in [-0.3, -0.25) is 4.79 Å². The number of rotatable bonds is 3. The Kier molecular flexibility index (Phi) is 3.52. The van der Waals surface area contributed by atoms with Gasteiger partial charge in [0.05, 0.1) is 6.54 Å². The topological polar surface area (TPSA) is 58.4 Å². The number of anilines is 3. The van der Waals surface area contributed by atoms with Crippen LogP contribution in [0.25, 0.3) is 0 Å². The maximum atomic E-state index is 12.2. The lowest BCUT2D eigenvalue weighted by Crippen LogP contribution is -2.31. The van der Waals surface area contributed by atoms with Crippen molar-refractivity contribution in [3.63, 3.8) is 0 Å². The number of nitrogens with one attached hydrogen (secondary N) is 1. The zero-order valence-electron chi connectivity index (χ0n) is 12.1. The minimum Gasteiger partial charge on any atom is -0.398 e. The first-order valence-corrected chi connectivity index (χ1v) is 7.12. The number of carbonyl (C=O) groups excluding carboxylic acids is 1. The van der Waals surface area contributed by atoms with Crippen LogP contribution in [0.3, 0.4) is 0 Å². The second-order valence-corrected chi connectivity index (χ2v) is 5.43. The van der Waals surface area contributed by atoms with Crippen molar-refractivity contribution in [2.75, 3.05) is 29.0 Å². The molecule has 108 valence electrons. The van der Waals surface area contributed by atoms with Crippen molar-refractivity contribution < 1.29 is 4.79 Å².